The van der Waals surface area contributed by atoms with E-state index < -0.39 is 0 Å². The molecule has 2 aromatic rings. The van der Waals surface area contributed by atoms with Crippen LogP contribution in [0.4, 0.5) is 0 Å². The van der Waals surface area contributed by atoms with Gasteiger partial charge in [0.1, 0.15) is 5.69 Å². The zero-order valence-corrected chi connectivity index (χ0v) is 18.5. The van der Waals surface area contributed by atoms with Gasteiger partial charge in [-0.25, -0.2) is 4.98 Å². The van der Waals surface area contributed by atoms with Crippen LogP contribution >= 0.6 is 0 Å². The van der Waals surface area contributed by atoms with Crippen molar-refractivity contribution in [2.24, 2.45) is 0 Å². The molecule has 0 saturated carbocycles. The predicted octanol–water partition coefficient (Wildman–Crippen LogP) is 2.62. The lowest BCUT2D eigenvalue weighted by atomic mass is 10.2. The van der Waals surface area contributed by atoms with E-state index in [0.717, 1.165) is 24.2 Å². The highest BCUT2D eigenvalue weighted by Crippen LogP contribution is 2.09. The molecule has 0 fully saturated rings. The lowest BCUT2D eigenvalue weighted by Crippen LogP contribution is -2.40. The lowest BCUT2D eigenvalue weighted by Gasteiger charge is -2.27. The van der Waals surface area contributed by atoms with Crippen molar-refractivity contribution >= 4 is 11.8 Å². The molecule has 0 aliphatic rings. The van der Waals surface area contributed by atoms with Crippen LogP contribution in [0.15, 0.2) is 42.7 Å². The Morgan fingerprint density at radius 2 is 1.63 bits per heavy atom. The van der Waals surface area contributed by atoms with Crippen LogP contribution in [0, 0.1) is 6.92 Å². The normalized spacial score (nSPS) is 10.8. The van der Waals surface area contributed by atoms with Crippen LogP contribution in [0.2, 0.25) is 0 Å². The first-order valence-electron chi connectivity index (χ1n) is 10.4. The first kappa shape index (κ1) is 23.5. The third-order valence-corrected chi connectivity index (χ3v) is 4.76. The van der Waals surface area contributed by atoms with E-state index in [1.807, 2.05) is 63.2 Å². The van der Waals surface area contributed by atoms with Gasteiger partial charge >= 0.3 is 0 Å². The highest BCUT2D eigenvalue weighted by molar-refractivity contribution is 5.92. The molecule has 0 radical (unpaired) electrons. The molecule has 162 valence electrons. The summed E-state index contributed by atoms with van der Waals surface area (Å²) in [6, 6.07) is 9.98. The Balaban J connectivity index is 2.03. The first-order chi connectivity index (χ1) is 14.4. The van der Waals surface area contributed by atoms with Crippen LogP contribution in [-0.2, 0) is 11.3 Å². The molecule has 0 aliphatic heterocycles. The number of amides is 2. The summed E-state index contributed by atoms with van der Waals surface area (Å²) >= 11 is 0. The fourth-order valence-corrected chi connectivity index (χ4v) is 3.06. The zero-order valence-electron chi connectivity index (χ0n) is 18.5. The molecule has 0 spiro atoms. The maximum Gasteiger partial charge on any atom is 0.274 e. The van der Waals surface area contributed by atoms with Crippen LogP contribution in [0.25, 0.3) is 0 Å². The molecule has 0 atom stereocenters. The number of likely N-dealkylation sites (N-methyl/N-ethyl adjacent to an activating group) is 1. The van der Waals surface area contributed by atoms with E-state index in [9.17, 15) is 9.59 Å². The summed E-state index contributed by atoms with van der Waals surface area (Å²) < 4.78 is 0. The number of hydrogen-bond acceptors (Lipinski definition) is 5. The molecule has 1 heterocycles. The van der Waals surface area contributed by atoms with Crippen LogP contribution in [-0.4, -0.2) is 76.8 Å². The summed E-state index contributed by atoms with van der Waals surface area (Å²) in [5, 5.41) is 0. The van der Waals surface area contributed by atoms with Gasteiger partial charge in [0.15, 0.2) is 0 Å². The second-order valence-corrected chi connectivity index (χ2v) is 7.69. The molecular weight excluding hydrogens is 378 g/mol. The SMILES string of the molecule is CCCN(CCC(=O)N(CCN(C)C)Cc1ccccc1)C(=O)c1cnc(C)cn1. The Morgan fingerprint density at radius 3 is 2.23 bits per heavy atom. The van der Waals surface area contributed by atoms with Crippen molar-refractivity contribution < 1.29 is 9.59 Å². The van der Waals surface area contributed by atoms with Crippen LogP contribution in [0.3, 0.4) is 0 Å². The molecule has 0 bridgehead atoms. The van der Waals surface area contributed by atoms with E-state index in [4.69, 9.17) is 0 Å². The Hall–Kier alpha value is -2.80. The summed E-state index contributed by atoms with van der Waals surface area (Å²) in [5.74, 6) is -0.135. The molecule has 2 amide bonds. The lowest BCUT2D eigenvalue weighted by molar-refractivity contribution is -0.132. The smallest absolute Gasteiger partial charge is 0.274 e. The number of carbonyl (C=O) groups is 2. The Morgan fingerprint density at radius 1 is 0.900 bits per heavy atom. The number of hydrogen-bond donors (Lipinski definition) is 0. The van der Waals surface area contributed by atoms with E-state index in [1.165, 1.54) is 6.20 Å². The molecule has 2 rings (SSSR count). The van der Waals surface area contributed by atoms with Crippen LogP contribution in [0.5, 0.6) is 0 Å². The van der Waals surface area contributed by atoms with Gasteiger partial charge in [-0.15, -0.1) is 0 Å². The number of nitrogens with zero attached hydrogens (tertiary/aromatic N) is 5. The minimum atomic E-state index is -0.181. The van der Waals surface area contributed by atoms with E-state index in [0.29, 0.717) is 31.9 Å². The van der Waals surface area contributed by atoms with Gasteiger partial charge in [-0.2, -0.15) is 0 Å². The highest BCUT2D eigenvalue weighted by atomic mass is 16.2. The second kappa shape index (κ2) is 12.0. The van der Waals surface area contributed by atoms with Gasteiger partial charge in [-0.3, -0.25) is 14.6 Å². The quantitative estimate of drug-likeness (QED) is 0.569. The van der Waals surface area contributed by atoms with Gasteiger partial charge in [0, 0.05) is 45.3 Å². The van der Waals surface area contributed by atoms with Gasteiger partial charge in [0.25, 0.3) is 5.91 Å². The molecule has 30 heavy (non-hydrogen) atoms. The predicted molar refractivity (Wildman–Crippen MR) is 118 cm³/mol. The van der Waals surface area contributed by atoms with Crippen LogP contribution < -0.4 is 0 Å². The largest absolute Gasteiger partial charge is 0.337 e. The zero-order chi connectivity index (χ0) is 21.9. The summed E-state index contributed by atoms with van der Waals surface area (Å²) in [6.45, 7) is 6.80. The molecule has 0 unspecified atom stereocenters. The molecule has 1 aromatic carbocycles. The van der Waals surface area contributed by atoms with Crippen molar-refractivity contribution in [3.8, 4) is 0 Å². The molecule has 1 aromatic heterocycles. The number of carbonyl (C=O) groups excluding carboxylic acids is 2. The van der Waals surface area contributed by atoms with Gasteiger partial charge in [-0.1, -0.05) is 37.3 Å². The van der Waals surface area contributed by atoms with Crippen molar-refractivity contribution in [3.05, 3.63) is 59.7 Å². The maximum atomic E-state index is 13.0. The average Bonchev–Trinajstić information content (AvgIpc) is 2.74. The summed E-state index contributed by atoms with van der Waals surface area (Å²) in [5.41, 5.74) is 2.18. The van der Waals surface area contributed by atoms with Gasteiger partial charge < -0.3 is 14.7 Å². The maximum absolute atomic E-state index is 13.0. The van der Waals surface area contributed by atoms with Crippen molar-refractivity contribution in [2.75, 3.05) is 40.3 Å². The van der Waals surface area contributed by atoms with Crippen molar-refractivity contribution in [1.82, 2.24) is 24.7 Å². The Bertz CT molecular complexity index is 793. The number of benzene rings is 1. The number of aromatic nitrogens is 2. The van der Waals surface area contributed by atoms with E-state index in [-0.39, 0.29) is 18.2 Å². The van der Waals surface area contributed by atoms with E-state index in [1.54, 1.807) is 11.1 Å². The molecule has 0 aliphatic carbocycles. The molecule has 7 nitrogen and oxygen atoms in total. The van der Waals surface area contributed by atoms with Gasteiger partial charge in [-0.05, 0) is 33.0 Å². The highest BCUT2D eigenvalue weighted by Gasteiger charge is 2.20. The summed E-state index contributed by atoms with van der Waals surface area (Å²) in [6.07, 6.45) is 4.19. The van der Waals surface area contributed by atoms with Gasteiger partial charge in [0.05, 0.1) is 11.9 Å². The first-order valence-corrected chi connectivity index (χ1v) is 10.4. The van der Waals surface area contributed by atoms with Crippen molar-refractivity contribution in [2.45, 2.75) is 33.2 Å². The minimum Gasteiger partial charge on any atom is -0.337 e. The minimum absolute atomic E-state index is 0.0459. The summed E-state index contributed by atoms with van der Waals surface area (Å²) in [7, 11) is 3.99. The average molecular weight is 412 g/mol. The molecule has 0 saturated heterocycles. The topological polar surface area (TPSA) is 69.6 Å². The second-order valence-electron chi connectivity index (χ2n) is 7.69. The van der Waals surface area contributed by atoms with Crippen molar-refractivity contribution in [3.63, 3.8) is 0 Å². The van der Waals surface area contributed by atoms with E-state index >= 15 is 0 Å². The number of rotatable bonds is 11. The van der Waals surface area contributed by atoms with Gasteiger partial charge in [0.2, 0.25) is 5.91 Å². The third kappa shape index (κ3) is 7.55. The molecule has 0 N–H and O–H groups in total. The third-order valence-electron chi connectivity index (χ3n) is 4.76. The fourth-order valence-electron chi connectivity index (χ4n) is 3.06. The summed E-state index contributed by atoms with van der Waals surface area (Å²) in [4.78, 5) is 39.8. The molecular formula is C23H33N5O2. The molecule has 7 heteroatoms. The Kier molecular flexibility index (Phi) is 9.41. The fraction of sp³-hybridized carbons (Fsp3) is 0.478. The van der Waals surface area contributed by atoms with Crippen LogP contribution in [0.1, 0.15) is 41.5 Å². The number of aryl methyl sites for hydroxylation is 1. The monoisotopic (exact) mass is 411 g/mol. The van der Waals surface area contributed by atoms with Crippen molar-refractivity contribution in [1.29, 1.82) is 0 Å². The standard InChI is InChI=1S/C23H33N5O2/c1-5-12-27(23(30)21-17-24-19(2)16-25-21)13-11-22(29)28(15-14-26(3)4)18-20-9-7-6-8-10-20/h6-10,16-17H,5,11-15,18H2,1-4H3. The van der Waals surface area contributed by atoms with E-state index in [2.05, 4.69) is 14.9 Å². The Labute approximate surface area is 179 Å².